The third kappa shape index (κ3) is 3.16. The first-order valence-electron chi connectivity index (χ1n) is 8.03. The molecule has 0 N–H and O–H groups in total. The highest BCUT2D eigenvalue weighted by Gasteiger charge is 2.27. The Kier molecular flexibility index (Phi) is 4.46. The third-order valence-electron chi connectivity index (χ3n) is 5.02. The van der Waals surface area contributed by atoms with Crippen molar-refractivity contribution in [1.82, 2.24) is 0 Å². The first-order chi connectivity index (χ1) is 10.5. The Morgan fingerprint density at radius 1 is 0.909 bits per heavy atom. The van der Waals surface area contributed by atoms with Crippen LogP contribution in [0.15, 0.2) is 24.0 Å². The molecule has 120 valence electrons. The molecule has 0 bridgehead atoms. The lowest BCUT2D eigenvalue weighted by molar-refractivity contribution is 0.129. The molecule has 0 radical (unpaired) electrons. The number of hydrogen-bond donors (Lipinski definition) is 0. The molecule has 0 aromatic heterocycles. The number of benzene rings is 1. The molecule has 2 aliphatic rings. The van der Waals surface area contributed by atoms with E-state index in [0.29, 0.717) is 17.6 Å². The van der Waals surface area contributed by atoms with Crippen molar-refractivity contribution < 1.29 is 17.9 Å². The highest BCUT2D eigenvalue weighted by atomic mass is 19.2. The highest BCUT2D eigenvalue weighted by Crippen LogP contribution is 2.41. The van der Waals surface area contributed by atoms with Crippen molar-refractivity contribution in [3.63, 3.8) is 0 Å². The number of rotatable bonds is 2. The van der Waals surface area contributed by atoms with Gasteiger partial charge in [-0.25, -0.2) is 13.2 Å². The van der Waals surface area contributed by atoms with E-state index in [2.05, 4.69) is 6.92 Å². The van der Waals surface area contributed by atoms with Crippen LogP contribution in [-0.2, 0) is 4.74 Å². The molecule has 0 spiro atoms. The Morgan fingerprint density at radius 3 is 2.05 bits per heavy atom. The van der Waals surface area contributed by atoms with Crippen LogP contribution in [0, 0.1) is 23.4 Å². The van der Waals surface area contributed by atoms with E-state index in [1.165, 1.54) is 5.57 Å². The second kappa shape index (κ2) is 6.35. The van der Waals surface area contributed by atoms with E-state index in [1.54, 1.807) is 0 Å². The molecule has 1 unspecified atom stereocenters. The van der Waals surface area contributed by atoms with Gasteiger partial charge in [0.25, 0.3) is 0 Å². The van der Waals surface area contributed by atoms with Gasteiger partial charge >= 0.3 is 0 Å². The number of allylic oxidation sites excluding steroid dienone is 1. The van der Waals surface area contributed by atoms with Crippen LogP contribution >= 0.6 is 0 Å². The lowest BCUT2D eigenvalue weighted by Gasteiger charge is -2.32. The Bertz CT molecular complexity index is 551. The van der Waals surface area contributed by atoms with Crippen molar-refractivity contribution in [2.24, 2.45) is 5.92 Å². The molecule has 1 aromatic carbocycles. The quantitative estimate of drug-likeness (QED) is 0.659. The van der Waals surface area contributed by atoms with Crippen molar-refractivity contribution in [2.75, 3.05) is 0 Å². The molecule has 3 rings (SSSR count). The van der Waals surface area contributed by atoms with Crippen molar-refractivity contribution >= 4 is 0 Å². The first-order valence-corrected chi connectivity index (χ1v) is 8.03. The van der Waals surface area contributed by atoms with E-state index < -0.39 is 17.5 Å². The smallest absolute Gasteiger partial charge is 0.194 e. The van der Waals surface area contributed by atoms with Gasteiger partial charge in [0.05, 0.1) is 12.4 Å². The highest BCUT2D eigenvalue weighted by molar-refractivity contribution is 5.24. The maximum atomic E-state index is 13.4. The van der Waals surface area contributed by atoms with Crippen molar-refractivity contribution in [1.29, 1.82) is 0 Å². The van der Waals surface area contributed by atoms with Gasteiger partial charge in [-0.05, 0) is 80.6 Å². The van der Waals surface area contributed by atoms with Gasteiger partial charge in [-0.2, -0.15) is 0 Å². The molecule has 4 heteroatoms. The molecule has 1 aromatic rings. The molecule has 1 atom stereocenters. The van der Waals surface area contributed by atoms with Gasteiger partial charge in [0, 0.05) is 0 Å². The second-order valence-electron chi connectivity index (χ2n) is 6.53. The minimum atomic E-state index is -1.38. The van der Waals surface area contributed by atoms with Crippen LogP contribution in [0.1, 0.15) is 56.9 Å². The van der Waals surface area contributed by atoms with E-state index in [1.807, 2.05) is 6.26 Å². The van der Waals surface area contributed by atoms with Crippen LogP contribution in [0.4, 0.5) is 13.2 Å². The van der Waals surface area contributed by atoms with Gasteiger partial charge in [0.1, 0.15) is 0 Å². The Labute approximate surface area is 129 Å². The van der Waals surface area contributed by atoms with Gasteiger partial charge < -0.3 is 4.74 Å². The molecular weight excluding hydrogens is 289 g/mol. The minimum Gasteiger partial charge on any atom is -0.498 e. The average Bonchev–Trinajstić information content (AvgIpc) is 2.53. The molecule has 1 aliphatic carbocycles. The summed E-state index contributed by atoms with van der Waals surface area (Å²) in [4.78, 5) is 0. The zero-order chi connectivity index (χ0) is 15.7. The predicted octanol–water partition coefficient (Wildman–Crippen LogP) is 5.46. The minimum absolute atomic E-state index is 0.116. The Morgan fingerprint density at radius 2 is 1.50 bits per heavy atom. The van der Waals surface area contributed by atoms with Crippen LogP contribution in [0.2, 0.25) is 0 Å². The standard InChI is InChI=1S/C18H21F3O/c1-11-2-3-14(10-22-11)12-4-6-13(7-5-12)15-8-16(19)18(21)17(20)9-15/h8-13H,2-7H2,1H3. The molecule has 1 saturated carbocycles. The van der Waals surface area contributed by atoms with Gasteiger partial charge in [-0.15, -0.1) is 0 Å². The number of halogens is 3. The largest absolute Gasteiger partial charge is 0.498 e. The van der Waals surface area contributed by atoms with Crippen molar-refractivity contribution in [3.05, 3.63) is 47.0 Å². The van der Waals surface area contributed by atoms with Crippen LogP contribution in [-0.4, -0.2) is 6.10 Å². The SMILES string of the molecule is CC1CCC(C2CCC(c3cc(F)c(F)c(F)c3)CC2)=CO1. The summed E-state index contributed by atoms with van der Waals surface area (Å²) < 4.78 is 45.4. The molecule has 22 heavy (non-hydrogen) atoms. The fourth-order valence-electron chi connectivity index (χ4n) is 3.61. The molecule has 1 fully saturated rings. The van der Waals surface area contributed by atoms with Crippen LogP contribution in [0.5, 0.6) is 0 Å². The summed E-state index contributed by atoms with van der Waals surface area (Å²) in [6.07, 6.45) is 8.09. The van der Waals surface area contributed by atoms with Crippen molar-refractivity contribution in [3.8, 4) is 0 Å². The van der Waals surface area contributed by atoms with E-state index in [9.17, 15) is 13.2 Å². The summed E-state index contributed by atoms with van der Waals surface area (Å²) >= 11 is 0. The van der Waals surface area contributed by atoms with E-state index in [0.717, 1.165) is 50.7 Å². The Balaban J connectivity index is 1.65. The number of hydrogen-bond acceptors (Lipinski definition) is 1. The van der Waals surface area contributed by atoms with E-state index in [4.69, 9.17) is 4.74 Å². The lowest BCUT2D eigenvalue weighted by atomic mass is 9.75. The summed E-state index contributed by atoms with van der Waals surface area (Å²) in [5, 5.41) is 0. The predicted molar refractivity (Wildman–Crippen MR) is 78.9 cm³/mol. The van der Waals surface area contributed by atoms with Crippen LogP contribution < -0.4 is 0 Å². The molecule has 1 aliphatic heterocycles. The fourth-order valence-corrected chi connectivity index (χ4v) is 3.61. The lowest BCUT2D eigenvalue weighted by Crippen LogP contribution is -2.19. The zero-order valence-corrected chi connectivity index (χ0v) is 12.7. The Hall–Kier alpha value is -1.45. The fraction of sp³-hybridized carbons (Fsp3) is 0.556. The maximum Gasteiger partial charge on any atom is 0.194 e. The summed E-state index contributed by atoms with van der Waals surface area (Å²) in [6.45, 7) is 2.07. The van der Waals surface area contributed by atoms with Gasteiger partial charge in [0.15, 0.2) is 17.5 Å². The topological polar surface area (TPSA) is 9.23 Å². The summed E-state index contributed by atoms with van der Waals surface area (Å²) in [7, 11) is 0. The van der Waals surface area contributed by atoms with Crippen LogP contribution in [0.25, 0.3) is 0 Å². The monoisotopic (exact) mass is 310 g/mol. The molecule has 1 nitrogen and oxygen atoms in total. The summed E-state index contributed by atoms with van der Waals surface area (Å²) in [5.41, 5.74) is 1.95. The number of ether oxygens (including phenoxy) is 1. The van der Waals surface area contributed by atoms with Gasteiger partial charge in [-0.3, -0.25) is 0 Å². The van der Waals surface area contributed by atoms with E-state index in [-0.39, 0.29) is 5.92 Å². The average molecular weight is 310 g/mol. The molecule has 0 amide bonds. The summed E-state index contributed by atoms with van der Waals surface area (Å²) in [5.74, 6) is -2.93. The molecular formula is C18H21F3O. The van der Waals surface area contributed by atoms with E-state index >= 15 is 0 Å². The first kappa shape index (κ1) is 15.4. The second-order valence-corrected chi connectivity index (χ2v) is 6.53. The van der Waals surface area contributed by atoms with Gasteiger partial charge in [0.2, 0.25) is 0 Å². The molecule has 0 saturated heterocycles. The van der Waals surface area contributed by atoms with Crippen molar-refractivity contribution in [2.45, 2.75) is 57.5 Å². The summed E-state index contributed by atoms with van der Waals surface area (Å²) in [6, 6.07) is 2.29. The third-order valence-corrected chi connectivity index (χ3v) is 5.02. The zero-order valence-electron chi connectivity index (χ0n) is 12.7. The normalized spacial score (nSPS) is 28.9. The maximum absolute atomic E-state index is 13.4. The molecule has 1 heterocycles. The van der Waals surface area contributed by atoms with Crippen LogP contribution in [0.3, 0.4) is 0 Å². The van der Waals surface area contributed by atoms with Gasteiger partial charge in [-0.1, -0.05) is 0 Å².